The molecule has 0 N–H and O–H groups in total. The maximum atomic E-state index is 12.7. The van der Waals surface area contributed by atoms with Gasteiger partial charge in [0.1, 0.15) is 0 Å². The Balaban J connectivity index is 1.86. The number of hydrogen-bond acceptors (Lipinski definition) is 5. The fourth-order valence-electron chi connectivity index (χ4n) is 3.28. The molecule has 6 nitrogen and oxygen atoms in total. The summed E-state index contributed by atoms with van der Waals surface area (Å²) >= 11 is 0. The largest absolute Gasteiger partial charge is 0.339 e. The SMILES string of the molecule is O=C(c1cccc(S(=O)(=O)[C@H]2CCS(=O)(=O)C2)c1)N1CCCCC1. The van der Waals surface area contributed by atoms with E-state index < -0.39 is 24.9 Å². The first-order valence-corrected chi connectivity index (χ1v) is 11.5. The van der Waals surface area contributed by atoms with Crippen molar-refractivity contribution in [3.05, 3.63) is 29.8 Å². The van der Waals surface area contributed by atoms with Crippen molar-refractivity contribution in [1.29, 1.82) is 0 Å². The van der Waals surface area contributed by atoms with Crippen molar-refractivity contribution in [2.45, 2.75) is 35.8 Å². The number of likely N-dealkylation sites (tertiary alicyclic amines) is 1. The molecule has 0 radical (unpaired) electrons. The van der Waals surface area contributed by atoms with Gasteiger partial charge in [-0.05, 0) is 43.9 Å². The maximum absolute atomic E-state index is 12.7. The zero-order valence-electron chi connectivity index (χ0n) is 13.3. The molecule has 3 rings (SSSR count). The second kappa shape index (κ2) is 6.48. The van der Waals surface area contributed by atoms with Gasteiger partial charge in [0.15, 0.2) is 19.7 Å². The van der Waals surface area contributed by atoms with Crippen molar-refractivity contribution < 1.29 is 21.6 Å². The molecule has 0 bridgehead atoms. The first-order valence-electron chi connectivity index (χ1n) is 8.13. The first-order chi connectivity index (χ1) is 11.3. The summed E-state index contributed by atoms with van der Waals surface area (Å²) < 4.78 is 48.5. The Labute approximate surface area is 142 Å². The smallest absolute Gasteiger partial charge is 0.253 e. The third-order valence-corrected chi connectivity index (χ3v) is 8.85. The number of amides is 1. The van der Waals surface area contributed by atoms with E-state index in [0.29, 0.717) is 18.7 Å². The van der Waals surface area contributed by atoms with Gasteiger partial charge in [0.25, 0.3) is 5.91 Å². The van der Waals surface area contributed by atoms with E-state index in [1.54, 1.807) is 17.0 Å². The third-order valence-electron chi connectivity index (χ3n) is 4.68. The predicted molar refractivity (Wildman–Crippen MR) is 90.4 cm³/mol. The topological polar surface area (TPSA) is 88.6 Å². The molecule has 2 fully saturated rings. The fraction of sp³-hybridized carbons (Fsp3) is 0.562. The minimum Gasteiger partial charge on any atom is -0.339 e. The highest BCUT2D eigenvalue weighted by atomic mass is 32.2. The number of hydrogen-bond donors (Lipinski definition) is 0. The number of rotatable bonds is 3. The van der Waals surface area contributed by atoms with E-state index in [-0.39, 0.29) is 28.7 Å². The highest BCUT2D eigenvalue weighted by molar-refractivity contribution is 7.96. The maximum Gasteiger partial charge on any atom is 0.253 e. The van der Waals surface area contributed by atoms with Gasteiger partial charge in [-0.1, -0.05) is 6.07 Å². The van der Waals surface area contributed by atoms with Crippen molar-refractivity contribution in [1.82, 2.24) is 4.90 Å². The van der Waals surface area contributed by atoms with Crippen molar-refractivity contribution >= 4 is 25.6 Å². The number of carbonyl (C=O) groups is 1. The lowest BCUT2D eigenvalue weighted by Crippen LogP contribution is -2.35. The molecule has 2 aliphatic rings. The van der Waals surface area contributed by atoms with E-state index in [0.717, 1.165) is 19.3 Å². The molecular weight excluding hydrogens is 350 g/mol. The zero-order valence-corrected chi connectivity index (χ0v) is 15.0. The van der Waals surface area contributed by atoms with Crippen LogP contribution in [0.1, 0.15) is 36.0 Å². The van der Waals surface area contributed by atoms with Crippen molar-refractivity contribution in [2.75, 3.05) is 24.6 Å². The molecule has 1 aromatic rings. The lowest BCUT2D eigenvalue weighted by Gasteiger charge is -2.26. The van der Waals surface area contributed by atoms with Gasteiger partial charge in [-0.2, -0.15) is 0 Å². The number of carbonyl (C=O) groups excluding carboxylic acids is 1. The molecule has 0 spiro atoms. The van der Waals surface area contributed by atoms with E-state index in [1.165, 1.54) is 12.1 Å². The molecule has 0 aliphatic carbocycles. The van der Waals surface area contributed by atoms with Gasteiger partial charge >= 0.3 is 0 Å². The second-order valence-electron chi connectivity index (χ2n) is 6.45. The fourth-order valence-corrected chi connectivity index (χ4v) is 7.69. The van der Waals surface area contributed by atoms with E-state index in [9.17, 15) is 21.6 Å². The summed E-state index contributed by atoms with van der Waals surface area (Å²) in [6.07, 6.45) is 3.15. The zero-order chi connectivity index (χ0) is 17.4. The van der Waals surface area contributed by atoms with Crippen LogP contribution in [0.15, 0.2) is 29.2 Å². The van der Waals surface area contributed by atoms with Crippen LogP contribution < -0.4 is 0 Å². The molecule has 2 saturated heterocycles. The summed E-state index contributed by atoms with van der Waals surface area (Å²) in [5.74, 6) is -0.589. The average Bonchev–Trinajstić information content (AvgIpc) is 2.96. The van der Waals surface area contributed by atoms with E-state index in [4.69, 9.17) is 0 Å². The van der Waals surface area contributed by atoms with Crippen molar-refractivity contribution in [3.8, 4) is 0 Å². The highest BCUT2D eigenvalue weighted by Crippen LogP contribution is 2.26. The average molecular weight is 371 g/mol. The Kier molecular flexibility index (Phi) is 4.70. The Morgan fingerprint density at radius 2 is 1.83 bits per heavy atom. The van der Waals surface area contributed by atoms with Crippen LogP contribution in [0, 0.1) is 0 Å². The van der Waals surface area contributed by atoms with Crippen LogP contribution in [-0.4, -0.2) is 57.5 Å². The van der Waals surface area contributed by atoms with E-state index in [2.05, 4.69) is 0 Å². The summed E-state index contributed by atoms with van der Waals surface area (Å²) in [6.45, 7) is 1.38. The van der Waals surface area contributed by atoms with E-state index >= 15 is 0 Å². The number of sulfone groups is 2. The summed E-state index contributed by atoms with van der Waals surface area (Å²) in [5, 5.41) is -0.914. The summed E-state index contributed by atoms with van der Waals surface area (Å²) in [5.41, 5.74) is 0.346. The number of piperidine rings is 1. The summed E-state index contributed by atoms with van der Waals surface area (Å²) in [7, 11) is -7.03. The Hall–Kier alpha value is -1.41. The standard InChI is InChI=1S/C16H21NO5S2/c18-16(17-8-2-1-3-9-17)13-5-4-6-14(11-13)24(21,22)15-7-10-23(19,20)12-15/h4-6,11,15H,1-3,7-10,12H2/t15-/m0/s1. The van der Waals surface area contributed by atoms with Gasteiger partial charge in [-0.3, -0.25) is 4.79 Å². The van der Waals surface area contributed by atoms with Crippen LogP contribution in [0.3, 0.4) is 0 Å². The van der Waals surface area contributed by atoms with Crippen LogP contribution in [-0.2, 0) is 19.7 Å². The van der Waals surface area contributed by atoms with Crippen LogP contribution >= 0.6 is 0 Å². The molecule has 132 valence electrons. The molecular formula is C16H21NO5S2. The molecule has 8 heteroatoms. The predicted octanol–water partition coefficient (Wildman–Crippen LogP) is 1.27. The Bertz CT molecular complexity index is 839. The molecule has 1 aromatic carbocycles. The van der Waals surface area contributed by atoms with Gasteiger partial charge in [-0.25, -0.2) is 16.8 Å². The first kappa shape index (κ1) is 17.4. The monoisotopic (exact) mass is 371 g/mol. The lowest BCUT2D eigenvalue weighted by atomic mass is 10.1. The minimum atomic E-state index is -3.75. The molecule has 0 saturated carbocycles. The third kappa shape index (κ3) is 3.49. The molecule has 1 atom stereocenters. The van der Waals surface area contributed by atoms with Crippen molar-refractivity contribution in [3.63, 3.8) is 0 Å². The van der Waals surface area contributed by atoms with Gasteiger partial charge in [0.2, 0.25) is 0 Å². The molecule has 0 unspecified atom stereocenters. The Morgan fingerprint density at radius 3 is 2.46 bits per heavy atom. The highest BCUT2D eigenvalue weighted by Gasteiger charge is 2.38. The van der Waals surface area contributed by atoms with Gasteiger partial charge in [0.05, 0.1) is 21.7 Å². The lowest BCUT2D eigenvalue weighted by molar-refractivity contribution is 0.0724. The second-order valence-corrected chi connectivity index (χ2v) is 10.9. The van der Waals surface area contributed by atoms with Crippen LogP contribution in [0.2, 0.25) is 0 Å². The minimum absolute atomic E-state index is 0.0347. The molecule has 2 aliphatic heterocycles. The summed E-state index contributed by atoms with van der Waals surface area (Å²) in [6, 6.07) is 5.99. The van der Waals surface area contributed by atoms with E-state index in [1.807, 2.05) is 0 Å². The van der Waals surface area contributed by atoms with Crippen LogP contribution in [0.4, 0.5) is 0 Å². The number of nitrogens with zero attached hydrogens (tertiary/aromatic N) is 1. The quantitative estimate of drug-likeness (QED) is 0.798. The van der Waals surface area contributed by atoms with Gasteiger partial charge < -0.3 is 4.90 Å². The normalized spacial score (nSPS) is 24.0. The molecule has 1 amide bonds. The van der Waals surface area contributed by atoms with Crippen LogP contribution in [0.25, 0.3) is 0 Å². The Morgan fingerprint density at radius 1 is 1.12 bits per heavy atom. The van der Waals surface area contributed by atoms with Crippen molar-refractivity contribution in [2.24, 2.45) is 0 Å². The van der Waals surface area contributed by atoms with Gasteiger partial charge in [-0.15, -0.1) is 0 Å². The molecule has 0 aromatic heterocycles. The van der Waals surface area contributed by atoms with Crippen LogP contribution in [0.5, 0.6) is 0 Å². The summed E-state index contributed by atoms with van der Waals surface area (Å²) in [4.78, 5) is 14.3. The molecule has 2 heterocycles. The number of benzene rings is 1. The van der Waals surface area contributed by atoms with Gasteiger partial charge in [0, 0.05) is 18.7 Å². The molecule has 24 heavy (non-hydrogen) atoms.